The number of ether oxygens (including phenoxy) is 1. The number of nitrogens with zero attached hydrogens (tertiary/aromatic N) is 1. The monoisotopic (exact) mass is 382 g/mol. The van der Waals surface area contributed by atoms with Crippen LogP contribution < -0.4 is 16.0 Å². The number of carbonyl (C=O) groups excluding carboxylic acids is 5. The van der Waals surface area contributed by atoms with Crippen LogP contribution in [0.1, 0.15) is 39.5 Å². The first kappa shape index (κ1) is 20.7. The van der Waals surface area contributed by atoms with Gasteiger partial charge in [-0.15, -0.1) is 0 Å². The van der Waals surface area contributed by atoms with Crippen LogP contribution in [-0.4, -0.2) is 66.4 Å². The highest BCUT2D eigenvalue weighted by molar-refractivity contribution is 6.09. The molecule has 0 bridgehead atoms. The lowest BCUT2D eigenvalue weighted by Crippen LogP contribution is -2.54. The molecular weight excluding hydrogens is 356 g/mol. The van der Waals surface area contributed by atoms with Gasteiger partial charge in [-0.05, 0) is 25.7 Å². The number of hydrogen-bond donors (Lipinski definition) is 3. The van der Waals surface area contributed by atoms with Crippen LogP contribution in [0.15, 0.2) is 0 Å². The highest BCUT2D eigenvalue weighted by atomic mass is 16.5. The van der Waals surface area contributed by atoms with Crippen molar-refractivity contribution in [2.45, 2.75) is 45.1 Å². The molecule has 1 aliphatic carbocycles. The van der Waals surface area contributed by atoms with Crippen molar-refractivity contribution in [3.05, 3.63) is 0 Å². The van der Waals surface area contributed by atoms with E-state index in [1.807, 2.05) is 6.92 Å². The molecule has 1 aliphatic heterocycles. The van der Waals surface area contributed by atoms with Gasteiger partial charge in [-0.1, -0.05) is 19.8 Å². The number of esters is 1. The SMILES string of the molecule is CCNC(=O)CNC(=O)COC(=O)CN1C(=O)N[C@@]2(CCCC[C@H]2C)C1=O. The maximum Gasteiger partial charge on any atom is 0.326 e. The topological polar surface area (TPSA) is 134 Å². The van der Waals surface area contributed by atoms with E-state index in [4.69, 9.17) is 4.74 Å². The Hall–Kier alpha value is -2.65. The van der Waals surface area contributed by atoms with Crippen molar-refractivity contribution in [1.82, 2.24) is 20.9 Å². The predicted octanol–water partition coefficient (Wildman–Crippen LogP) is -0.717. The van der Waals surface area contributed by atoms with Gasteiger partial charge in [0.25, 0.3) is 11.8 Å². The number of likely N-dealkylation sites (N-methyl/N-ethyl adjacent to an activating group) is 1. The van der Waals surface area contributed by atoms with Crippen LogP contribution in [0.25, 0.3) is 0 Å². The molecule has 2 fully saturated rings. The highest BCUT2D eigenvalue weighted by Gasteiger charge is 2.55. The molecule has 3 N–H and O–H groups in total. The smallest absolute Gasteiger partial charge is 0.326 e. The first-order valence-electron chi connectivity index (χ1n) is 9.13. The third-order valence-corrected chi connectivity index (χ3v) is 4.97. The first-order valence-corrected chi connectivity index (χ1v) is 9.13. The largest absolute Gasteiger partial charge is 0.454 e. The first-order chi connectivity index (χ1) is 12.8. The summed E-state index contributed by atoms with van der Waals surface area (Å²) in [5.74, 6) is -2.30. The van der Waals surface area contributed by atoms with Gasteiger partial charge in [-0.3, -0.25) is 24.1 Å². The molecule has 2 atom stereocenters. The fourth-order valence-corrected chi connectivity index (χ4v) is 3.45. The molecule has 2 aliphatic rings. The zero-order chi connectivity index (χ0) is 20.0. The normalized spacial score (nSPS) is 24.5. The lowest BCUT2D eigenvalue weighted by molar-refractivity contribution is -0.151. The Balaban J connectivity index is 1.81. The number of imide groups is 1. The standard InChI is InChI=1S/C17H26N4O6/c1-3-18-12(22)8-19-13(23)10-27-14(24)9-21-15(25)17(20-16(21)26)7-5-4-6-11(17)2/h11H,3-10H2,1-2H3,(H,18,22)(H,19,23)(H,20,26)/t11-,17-/m1/s1. The average molecular weight is 382 g/mol. The number of hydrogen-bond acceptors (Lipinski definition) is 6. The Labute approximate surface area is 157 Å². The Morgan fingerprint density at radius 1 is 1.22 bits per heavy atom. The second-order valence-electron chi connectivity index (χ2n) is 6.83. The van der Waals surface area contributed by atoms with E-state index in [1.54, 1.807) is 6.92 Å². The Morgan fingerprint density at radius 2 is 1.96 bits per heavy atom. The van der Waals surface area contributed by atoms with Gasteiger partial charge in [-0.2, -0.15) is 0 Å². The Morgan fingerprint density at radius 3 is 2.63 bits per heavy atom. The van der Waals surface area contributed by atoms with E-state index in [1.165, 1.54) is 0 Å². The minimum Gasteiger partial charge on any atom is -0.454 e. The van der Waals surface area contributed by atoms with E-state index in [9.17, 15) is 24.0 Å². The molecule has 1 saturated heterocycles. The van der Waals surface area contributed by atoms with Crippen molar-refractivity contribution in [1.29, 1.82) is 0 Å². The number of rotatable bonds is 7. The van der Waals surface area contributed by atoms with Crippen LogP contribution in [-0.2, 0) is 23.9 Å². The quantitative estimate of drug-likeness (QED) is 0.393. The number of nitrogens with one attached hydrogen (secondary N) is 3. The van der Waals surface area contributed by atoms with E-state index in [0.29, 0.717) is 13.0 Å². The zero-order valence-corrected chi connectivity index (χ0v) is 15.6. The lowest BCUT2D eigenvalue weighted by Gasteiger charge is -2.36. The second kappa shape index (κ2) is 8.83. The van der Waals surface area contributed by atoms with Crippen LogP contribution in [0.4, 0.5) is 4.79 Å². The summed E-state index contributed by atoms with van der Waals surface area (Å²) in [6.45, 7) is 2.73. The zero-order valence-electron chi connectivity index (χ0n) is 15.6. The van der Waals surface area contributed by atoms with Gasteiger partial charge in [0.2, 0.25) is 5.91 Å². The summed E-state index contributed by atoms with van der Waals surface area (Å²) >= 11 is 0. The lowest BCUT2D eigenvalue weighted by atomic mass is 9.73. The molecule has 1 heterocycles. The number of carbonyl (C=O) groups is 5. The molecule has 150 valence electrons. The highest BCUT2D eigenvalue weighted by Crippen LogP contribution is 2.38. The van der Waals surface area contributed by atoms with Gasteiger partial charge < -0.3 is 20.7 Å². The van der Waals surface area contributed by atoms with Gasteiger partial charge in [0.1, 0.15) is 12.1 Å². The van der Waals surface area contributed by atoms with Crippen LogP contribution in [0, 0.1) is 5.92 Å². The molecule has 0 aromatic rings. The van der Waals surface area contributed by atoms with Crippen LogP contribution in [0.3, 0.4) is 0 Å². The van der Waals surface area contributed by atoms with Gasteiger partial charge in [-0.25, -0.2) is 4.79 Å². The summed E-state index contributed by atoms with van der Waals surface area (Å²) in [7, 11) is 0. The number of urea groups is 1. The van der Waals surface area contributed by atoms with E-state index < -0.39 is 42.5 Å². The van der Waals surface area contributed by atoms with E-state index in [2.05, 4.69) is 16.0 Å². The van der Waals surface area contributed by atoms with Gasteiger partial charge in [0.05, 0.1) is 6.54 Å². The molecule has 10 heteroatoms. The Bertz CT molecular complexity index is 637. The maximum absolute atomic E-state index is 12.7. The molecular formula is C17H26N4O6. The van der Waals surface area contributed by atoms with Crippen molar-refractivity contribution in [3.63, 3.8) is 0 Å². The molecule has 0 unspecified atom stereocenters. The minimum absolute atomic E-state index is 0.0104. The minimum atomic E-state index is -0.945. The van der Waals surface area contributed by atoms with Crippen molar-refractivity contribution in [3.8, 4) is 0 Å². The van der Waals surface area contributed by atoms with Crippen molar-refractivity contribution in [2.75, 3.05) is 26.2 Å². The molecule has 10 nitrogen and oxygen atoms in total. The molecule has 1 saturated carbocycles. The van der Waals surface area contributed by atoms with Crippen LogP contribution in [0.5, 0.6) is 0 Å². The molecule has 0 aromatic carbocycles. The van der Waals surface area contributed by atoms with Crippen LogP contribution in [0.2, 0.25) is 0 Å². The van der Waals surface area contributed by atoms with Gasteiger partial charge in [0, 0.05) is 6.54 Å². The summed E-state index contributed by atoms with van der Waals surface area (Å²) in [5.41, 5.74) is -0.945. The van der Waals surface area contributed by atoms with Gasteiger partial charge in [0.15, 0.2) is 6.61 Å². The van der Waals surface area contributed by atoms with Crippen molar-refractivity contribution >= 4 is 29.7 Å². The van der Waals surface area contributed by atoms with E-state index in [0.717, 1.165) is 24.2 Å². The van der Waals surface area contributed by atoms with E-state index >= 15 is 0 Å². The third-order valence-electron chi connectivity index (χ3n) is 4.97. The summed E-state index contributed by atoms with van der Waals surface area (Å²) in [6, 6.07) is -0.619. The average Bonchev–Trinajstić information content (AvgIpc) is 2.86. The number of amides is 5. The summed E-state index contributed by atoms with van der Waals surface area (Å²) < 4.78 is 4.80. The fraction of sp³-hybridized carbons (Fsp3) is 0.706. The molecule has 0 aromatic heterocycles. The molecule has 5 amide bonds. The summed E-state index contributed by atoms with van der Waals surface area (Å²) in [4.78, 5) is 60.5. The molecule has 1 spiro atoms. The molecule has 27 heavy (non-hydrogen) atoms. The predicted molar refractivity (Wildman–Crippen MR) is 93.3 cm³/mol. The molecule has 2 rings (SSSR count). The Kier molecular flexibility index (Phi) is 6.75. The van der Waals surface area contributed by atoms with E-state index in [-0.39, 0.29) is 18.4 Å². The molecule has 0 radical (unpaired) electrons. The fourth-order valence-electron chi connectivity index (χ4n) is 3.45. The van der Waals surface area contributed by atoms with Gasteiger partial charge >= 0.3 is 12.0 Å². The summed E-state index contributed by atoms with van der Waals surface area (Å²) in [5, 5.41) is 7.54. The maximum atomic E-state index is 12.7. The second-order valence-corrected chi connectivity index (χ2v) is 6.83. The van der Waals surface area contributed by atoms with Crippen molar-refractivity contribution in [2.24, 2.45) is 5.92 Å². The van der Waals surface area contributed by atoms with Crippen LogP contribution >= 0.6 is 0 Å². The third kappa shape index (κ3) is 4.75. The summed E-state index contributed by atoms with van der Waals surface area (Å²) in [6.07, 6.45) is 3.21. The van der Waals surface area contributed by atoms with Crippen molar-refractivity contribution < 1.29 is 28.7 Å².